The largest absolute Gasteiger partial charge is 0.464 e. The van der Waals surface area contributed by atoms with E-state index in [9.17, 15) is 4.79 Å². The molecular formula is C13H14N2O2S2. The number of nitrogens with zero attached hydrogens (tertiary/aromatic N) is 1. The number of methoxy groups -OCH3 is 1. The molecule has 0 unspecified atom stereocenters. The van der Waals surface area contributed by atoms with Crippen molar-refractivity contribution in [2.45, 2.75) is 11.8 Å². The van der Waals surface area contributed by atoms with E-state index in [1.165, 1.54) is 23.3 Å². The zero-order valence-electron chi connectivity index (χ0n) is 10.9. The number of esters is 1. The van der Waals surface area contributed by atoms with Crippen LogP contribution >= 0.6 is 23.1 Å². The van der Waals surface area contributed by atoms with Crippen molar-refractivity contribution in [2.75, 3.05) is 18.7 Å². The van der Waals surface area contributed by atoms with Gasteiger partial charge < -0.3 is 10.1 Å². The van der Waals surface area contributed by atoms with Crippen molar-refractivity contribution >= 4 is 39.9 Å². The Kier molecular flexibility index (Phi) is 4.44. The van der Waals surface area contributed by atoms with Crippen molar-refractivity contribution in [3.8, 4) is 0 Å². The fraction of sp³-hybridized carbons (Fsp3) is 0.231. The quantitative estimate of drug-likeness (QED) is 0.688. The average molecular weight is 294 g/mol. The molecule has 4 nitrogen and oxygen atoms in total. The maximum Gasteiger partial charge on any atom is 0.357 e. The first-order valence-corrected chi connectivity index (χ1v) is 7.65. The van der Waals surface area contributed by atoms with Crippen LogP contribution in [0.1, 0.15) is 15.4 Å². The van der Waals surface area contributed by atoms with Crippen molar-refractivity contribution in [1.82, 2.24) is 4.98 Å². The van der Waals surface area contributed by atoms with E-state index in [1.807, 2.05) is 37.4 Å². The van der Waals surface area contributed by atoms with Gasteiger partial charge in [0, 0.05) is 15.5 Å². The number of benzene rings is 1. The van der Waals surface area contributed by atoms with Crippen molar-refractivity contribution in [1.29, 1.82) is 0 Å². The lowest BCUT2D eigenvalue weighted by molar-refractivity contribution is 0.0594. The van der Waals surface area contributed by atoms with Gasteiger partial charge in [0.2, 0.25) is 0 Å². The maximum absolute atomic E-state index is 11.5. The molecule has 0 aliphatic heterocycles. The van der Waals surface area contributed by atoms with Crippen LogP contribution in [0, 0.1) is 6.92 Å². The summed E-state index contributed by atoms with van der Waals surface area (Å²) in [6, 6.07) is 8.05. The topological polar surface area (TPSA) is 51.2 Å². The summed E-state index contributed by atoms with van der Waals surface area (Å²) in [6.07, 6.45) is 2.04. The van der Waals surface area contributed by atoms with Crippen LogP contribution in [0.25, 0.3) is 0 Å². The van der Waals surface area contributed by atoms with Crippen LogP contribution in [-0.2, 0) is 4.74 Å². The van der Waals surface area contributed by atoms with Gasteiger partial charge in [-0.2, -0.15) is 0 Å². The zero-order chi connectivity index (χ0) is 13.8. The summed E-state index contributed by atoms with van der Waals surface area (Å²) < 4.78 is 4.69. The number of carbonyl (C=O) groups is 1. The molecule has 1 aromatic carbocycles. The highest BCUT2D eigenvalue weighted by molar-refractivity contribution is 7.98. The van der Waals surface area contributed by atoms with E-state index in [2.05, 4.69) is 15.0 Å². The number of nitrogens with one attached hydrogen (secondary N) is 1. The Bertz CT molecular complexity index is 579. The molecule has 2 rings (SSSR count). The number of ether oxygens (including phenoxy) is 1. The summed E-state index contributed by atoms with van der Waals surface area (Å²) in [5.41, 5.74) is 1.32. The number of anilines is 2. The van der Waals surface area contributed by atoms with Crippen LogP contribution in [0.3, 0.4) is 0 Å². The molecular weight excluding hydrogens is 280 g/mol. The molecule has 0 bridgehead atoms. The Balaban J connectivity index is 2.16. The Hall–Kier alpha value is -1.53. The average Bonchev–Trinajstić information content (AvgIpc) is 2.79. The molecule has 19 heavy (non-hydrogen) atoms. The Morgan fingerprint density at radius 1 is 1.37 bits per heavy atom. The van der Waals surface area contributed by atoms with E-state index >= 15 is 0 Å². The van der Waals surface area contributed by atoms with E-state index < -0.39 is 5.97 Å². The van der Waals surface area contributed by atoms with Crippen molar-refractivity contribution in [2.24, 2.45) is 0 Å². The third-order valence-electron chi connectivity index (χ3n) is 2.52. The monoisotopic (exact) mass is 294 g/mol. The van der Waals surface area contributed by atoms with E-state index in [-0.39, 0.29) is 0 Å². The molecule has 0 saturated carbocycles. The number of hydrogen-bond donors (Lipinski definition) is 1. The van der Waals surface area contributed by atoms with E-state index in [1.54, 1.807) is 11.8 Å². The van der Waals surface area contributed by atoms with Gasteiger partial charge in [-0.3, -0.25) is 0 Å². The summed E-state index contributed by atoms with van der Waals surface area (Å²) in [5.74, 6) is -0.403. The van der Waals surface area contributed by atoms with Gasteiger partial charge in [0.1, 0.15) is 0 Å². The highest BCUT2D eigenvalue weighted by Crippen LogP contribution is 2.26. The molecule has 0 radical (unpaired) electrons. The predicted molar refractivity (Wildman–Crippen MR) is 79.7 cm³/mol. The molecule has 0 fully saturated rings. The molecule has 1 aromatic heterocycles. The minimum absolute atomic E-state index is 0.371. The lowest BCUT2D eigenvalue weighted by Crippen LogP contribution is -2.03. The highest BCUT2D eigenvalue weighted by atomic mass is 32.2. The summed E-state index contributed by atoms with van der Waals surface area (Å²) in [4.78, 5) is 17.8. The smallest absolute Gasteiger partial charge is 0.357 e. The van der Waals surface area contributed by atoms with Gasteiger partial charge in [-0.25, -0.2) is 9.78 Å². The summed E-state index contributed by atoms with van der Waals surface area (Å²) in [6.45, 7) is 1.85. The highest BCUT2D eigenvalue weighted by Gasteiger charge is 2.15. The summed E-state index contributed by atoms with van der Waals surface area (Å²) in [5, 5.41) is 3.88. The lowest BCUT2D eigenvalue weighted by Gasteiger charge is -2.03. The number of thioether (sulfide) groups is 1. The fourth-order valence-electron chi connectivity index (χ4n) is 1.53. The number of carbonyl (C=O) groups excluding carboxylic acids is 1. The molecule has 0 aliphatic rings. The zero-order valence-corrected chi connectivity index (χ0v) is 12.5. The van der Waals surface area contributed by atoms with Crippen molar-refractivity contribution in [3.05, 3.63) is 34.8 Å². The number of thiazole rings is 1. The first kappa shape index (κ1) is 13.9. The van der Waals surface area contributed by atoms with Crippen LogP contribution in [0.15, 0.2) is 29.2 Å². The Labute approximate surface area is 120 Å². The normalized spacial score (nSPS) is 10.3. The van der Waals surface area contributed by atoms with Crippen LogP contribution in [0.4, 0.5) is 10.8 Å². The molecule has 0 spiro atoms. The van der Waals surface area contributed by atoms with E-state index in [0.717, 1.165) is 10.6 Å². The minimum Gasteiger partial charge on any atom is -0.464 e. The van der Waals surface area contributed by atoms with Crippen molar-refractivity contribution in [3.63, 3.8) is 0 Å². The van der Waals surface area contributed by atoms with Crippen LogP contribution in [-0.4, -0.2) is 24.3 Å². The van der Waals surface area contributed by atoms with Gasteiger partial charge in [-0.1, -0.05) is 0 Å². The van der Waals surface area contributed by atoms with E-state index in [0.29, 0.717) is 10.8 Å². The molecule has 0 atom stereocenters. The fourth-order valence-corrected chi connectivity index (χ4v) is 2.76. The molecule has 0 aliphatic carbocycles. The molecule has 2 aromatic rings. The molecule has 1 heterocycles. The van der Waals surface area contributed by atoms with Gasteiger partial charge in [-0.15, -0.1) is 23.1 Å². The van der Waals surface area contributed by atoms with Crippen LogP contribution < -0.4 is 5.32 Å². The van der Waals surface area contributed by atoms with Crippen LogP contribution in [0.5, 0.6) is 0 Å². The molecule has 100 valence electrons. The third kappa shape index (κ3) is 3.27. The SMILES string of the molecule is COC(=O)c1nc(Nc2ccc(SC)cc2)sc1C. The van der Waals surface area contributed by atoms with Gasteiger partial charge >= 0.3 is 5.97 Å². The lowest BCUT2D eigenvalue weighted by atomic mass is 10.3. The van der Waals surface area contributed by atoms with Gasteiger partial charge in [0.25, 0.3) is 0 Å². The third-order valence-corrected chi connectivity index (χ3v) is 4.15. The van der Waals surface area contributed by atoms with E-state index in [4.69, 9.17) is 0 Å². The minimum atomic E-state index is -0.403. The first-order chi connectivity index (χ1) is 9.13. The molecule has 1 N–H and O–H groups in total. The van der Waals surface area contributed by atoms with Crippen molar-refractivity contribution < 1.29 is 9.53 Å². The molecule has 0 amide bonds. The number of aromatic nitrogens is 1. The standard InChI is InChI=1S/C13H14N2O2S2/c1-8-11(12(16)17-2)15-13(19-8)14-9-4-6-10(18-3)7-5-9/h4-7H,1-3H3,(H,14,15). The summed E-state index contributed by atoms with van der Waals surface area (Å²) in [7, 11) is 1.36. The first-order valence-electron chi connectivity index (χ1n) is 5.61. The Morgan fingerprint density at radius 2 is 2.05 bits per heavy atom. The van der Waals surface area contributed by atoms with Gasteiger partial charge in [-0.05, 0) is 37.4 Å². The second kappa shape index (κ2) is 6.08. The van der Waals surface area contributed by atoms with Gasteiger partial charge in [0.05, 0.1) is 7.11 Å². The van der Waals surface area contributed by atoms with Gasteiger partial charge in [0.15, 0.2) is 10.8 Å². The molecule has 0 saturated heterocycles. The predicted octanol–water partition coefficient (Wildman–Crippen LogP) is 3.70. The second-order valence-electron chi connectivity index (χ2n) is 3.77. The summed E-state index contributed by atoms with van der Waals surface area (Å²) >= 11 is 3.13. The molecule has 6 heteroatoms. The Morgan fingerprint density at radius 3 is 2.63 bits per heavy atom. The maximum atomic E-state index is 11.5. The number of hydrogen-bond acceptors (Lipinski definition) is 6. The number of rotatable bonds is 4. The second-order valence-corrected chi connectivity index (χ2v) is 5.85. The number of aryl methyl sites for hydroxylation is 1. The van der Waals surface area contributed by atoms with Crippen LogP contribution in [0.2, 0.25) is 0 Å².